The number of methoxy groups -OCH3 is 1. The third kappa shape index (κ3) is 3.01. The molecule has 0 amide bonds. The number of aromatic amines is 1. The molecular formula is C14H21N3O4. The van der Waals surface area contributed by atoms with E-state index >= 15 is 0 Å². The molecule has 7 heteroatoms. The summed E-state index contributed by atoms with van der Waals surface area (Å²) < 4.78 is 5.02. The quantitative estimate of drug-likeness (QED) is 0.762. The number of ether oxygens (including phenoxy) is 1. The van der Waals surface area contributed by atoms with Gasteiger partial charge in [-0.05, 0) is 31.6 Å². The number of aliphatic carboxylic acids is 1. The van der Waals surface area contributed by atoms with E-state index in [2.05, 4.69) is 22.2 Å². The molecular weight excluding hydrogens is 274 g/mol. The highest BCUT2D eigenvalue weighted by atomic mass is 16.5. The molecule has 1 aliphatic carbocycles. The molecule has 1 saturated carbocycles. The third-order valence-electron chi connectivity index (χ3n) is 4.32. The Morgan fingerprint density at radius 3 is 2.76 bits per heavy atom. The maximum absolute atomic E-state index is 11.7. The molecule has 3 N–H and O–H groups in total. The minimum Gasteiger partial charge on any atom is -0.489 e. The van der Waals surface area contributed by atoms with E-state index in [1.165, 1.54) is 13.4 Å². The van der Waals surface area contributed by atoms with Crippen LogP contribution in [0.3, 0.4) is 0 Å². The number of aromatic nitrogens is 2. The zero-order valence-electron chi connectivity index (χ0n) is 12.3. The number of hydrogen-bond acceptors (Lipinski definition) is 5. The fraction of sp³-hybridized carbons (Fsp3) is 0.643. The average Bonchev–Trinajstić information content (AvgIpc) is 2.48. The first kappa shape index (κ1) is 15.3. The molecule has 116 valence electrons. The second kappa shape index (κ2) is 6.15. The molecule has 1 fully saturated rings. The summed E-state index contributed by atoms with van der Waals surface area (Å²) in [6.45, 7) is 2.12. The zero-order chi connectivity index (χ0) is 15.5. The Labute approximate surface area is 122 Å². The highest BCUT2D eigenvalue weighted by molar-refractivity contribution is 5.83. The maximum atomic E-state index is 11.7. The molecule has 7 nitrogen and oxygen atoms in total. The van der Waals surface area contributed by atoms with Crippen molar-refractivity contribution in [3.8, 4) is 5.75 Å². The molecule has 1 aromatic rings. The van der Waals surface area contributed by atoms with Crippen molar-refractivity contribution in [2.45, 2.75) is 44.6 Å². The summed E-state index contributed by atoms with van der Waals surface area (Å²) in [5, 5.41) is 12.6. The number of anilines is 1. The van der Waals surface area contributed by atoms with Gasteiger partial charge in [-0.25, -0.2) is 9.78 Å². The van der Waals surface area contributed by atoms with E-state index in [0.717, 1.165) is 19.3 Å². The van der Waals surface area contributed by atoms with E-state index in [1.54, 1.807) is 0 Å². The molecule has 0 radical (unpaired) electrons. The predicted octanol–water partition coefficient (Wildman–Crippen LogP) is 1.61. The van der Waals surface area contributed by atoms with Crippen molar-refractivity contribution in [1.82, 2.24) is 9.97 Å². The molecule has 0 aromatic carbocycles. The number of nitrogens with zero attached hydrogens (tertiary/aromatic N) is 1. The molecule has 0 bridgehead atoms. The van der Waals surface area contributed by atoms with Gasteiger partial charge >= 0.3 is 5.97 Å². The number of carbonyl (C=O) groups is 1. The summed E-state index contributed by atoms with van der Waals surface area (Å²) >= 11 is 0. The monoisotopic (exact) mass is 295 g/mol. The van der Waals surface area contributed by atoms with Crippen LogP contribution in [-0.4, -0.2) is 33.7 Å². The SMILES string of the molecule is CCC1CCC(Nc2nc[nH]c(=O)c2OC)(C(=O)O)CC1. The van der Waals surface area contributed by atoms with Crippen LogP contribution in [0.5, 0.6) is 5.75 Å². The van der Waals surface area contributed by atoms with Crippen LogP contribution in [0, 0.1) is 5.92 Å². The normalized spacial score (nSPS) is 25.3. The number of rotatable bonds is 5. The number of H-pyrrole nitrogens is 1. The number of nitrogens with one attached hydrogen (secondary N) is 2. The van der Waals surface area contributed by atoms with Crippen molar-refractivity contribution in [1.29, 1.82) is 0 Å². The van der Waals surface area contributed by atoms with Crippen molar-refractivity contribution in [2.75, 3.05) is 12.4 Å². The van der Waals surface area contributed by atoms with E-state index in [4.69, 9.17) is 4.74 Å². The van der Waals surface area contributed by atoms with Crippen LogP contribution in [0.4, 0.5) is 5.82 Å². The van der Waals surface area contributed by atoms with Crippen molar-refractivity contribution in [2.24, 2.45) is 5.92 Å². The Balaban J connectivity index is 2.28. The number of carboxylic acid groups (broad SMARTS) is 1. The molecule has 1 aromatic heterocycles. The van der Waals surface area contributed by atoms with Gasteiger partial charge in [-0.3, -0.25) is 4.79 Å². The second-order valence-electron chi connectivity index (χ2n) is 5.48. The van der Waals surface area contributed by atoms with Gasteiger partial charge in [0.1, 0.15) is 5.54 Å². The summed E-state index contributed by atoms with van der Waals surface area (Å²) in [6, 6.07) is 0. The smallest absolute Gasteiger partial charge is 0.329 e. The topological polar surface area (TPSA) is 104 Å². The lowest BCUT2D eigenvalue weighted by Gasteiger charge is -2.37. The van der Waals surface area contributed by atoms with Crippen LogP contribution in [0.15, 0.2) is 11.1 Å². The summed E-state index contributed by atoms with van der Waals surface area (Å²) in [6.07, 6.45) is 5.02. The van der Waals surface area contributed by atoms with Gasteiger partial charge in [0.25, 0.3) is 5.56 Å². The summed E-state index contributed by atoms with van der Waals surface area (Å²) in [5.74, 6) is -0.163. The molecule has 0 atom stereocenters. The Morgan fingerprint density at radius 2 is 2.24 bits per heavy atom. The molecule has 0 saturated heterocycles. The molecule has 0 aliphatic heterocycles. The van der Waals surface area contributed by atoms with Crippen molar-refractivity contribution >= 4 is 11.8 Å². The zero-order valence-corrected chi connectivity index (χ0v) is 12.3. The second-order valence-corrected chi connectivity index (χ2v) is 5.48. The van der Waals surface area contributed by atoms with Crippen LogP contribution >= 0.6 is 0 Å². The van der Waals surface area contributed by atoms with Crippen LogP contribution < -0.4 is 15.6 Å². The summed E-state index contributed by atoms with van der Waals surface area (Å²) in [7, 11) is 1.36. The van der Waals surface area contributed by atoms with Gasteiger partial charge in [-0.2, -0.15) is 0 Å². The van der Waals surface area contributed by atoms with Crippen LogP contribution in [-0.2, 0) is 4.79 Å². The first-order valence-electron chi connectivity index (χ1n) is 7.15. The highest BCUT2D eigenvalue weighted by Gasteiger charge is 2.42. The molecule has 0 unspecified atom stereocenters. The van der Waals surface area contributed by atoms with Gasteiger partial charge in [-0.1, -0.05) is 13.3 Å². The standard InChI is InChI=1S/C14H21N3O4/c1-3-9-4-6-14(7-5-9,13(19)20)17-11-10(21-2)12(18)16-8-15-11/h8-9H,3-7H2,1-2H3,(H,19,20)(H2,15,16,17,18). The van der Waals surface area contributed by atoms with Gasteiger partial charge in [0, 0.05) is 0 Å². The molecule has 1 aliphatic rings. The van der Waals surface area contributed by atoms with Crippen molar-refractivity contribution in [3.05, 3.63) is 16.7 Å². The van der Waals surface area contributed by atoms with E-state index in [9.17, 15) is 14.7 Å². The lowest BCUT2D eigenvalue weighted by Crippen LogP contribution is -2.49. The summed E-state index contributed by atoms with van der Waals surface area (Å²) in [4.78, 5) is 29.8. The minimum absolute atomic E-state index is 0.00994. The number of carboxylic acids is 1. The van der Waals surface area contributed by atoms with Crippen LogP contribution in [0.2, 0.25) is 0 Å². The van der Waals surface area contributed by atoms with Gasteiger partial charge in [0.15, 0.2) is 5.82 Å². The first-order chi connectivity index (χ1) is 10.0. The lowest BCUT2D eigenvalue weighted by atomic mass is 9.75. The Bertz CT molecular complexity index is 562. The van der Waals surface area contributed by atoms with Crippen LogP contribution in [0.25, 0.3) is 0 Å². The van der Waals surface area contributed by atoms with E-state index in [-0.39, 0.29) is 11.6 Å². The first-order valence-corrected chi connectivity index (χ1v) is 7.15. The minimum atomic E-state index is -1.08. The van der Waals surface area contributed by atoms with Crippen molar-refractivity contribution < 1.29 is 14.6 Å². The summed E-state index contributed by atoms with van der Waals surface area (Å²) in [5.41, 5.74) is -1.52. The maximum Gasteiger partial charge on any atom is 0.329 e. The van der Waals surface area contributed by atoms with Gasteiger partial charge < -0.3 is 20.1 Å². The van der Waals surface area contributed by atoms with Gasteiger partial charge in [0.05, 0.1) is 13.4 Å². The van der Waals surface area contributed by atoms with Gasteiger partial charge in [-0.15, -0.1) is 0 Å². The van der Waals surface area contributed by atoms with E-state index in [1.807, 2.05) is 0 Å². The molecule has 21 heavy (non-hydrogen) atoms. The molecule has 2 rings (SSSR count). The molecule has 0 spiro atoms. The Kier molecular flexibility index (Phi) is 4.50. The van der Waals surface area contributed by atoms with Crippen molar-refractivity contribution in [3.63, 3.8) is 0 Å². The lowest BCUT2D eigenvalue weighted by molar-refractivity contribution is -0.143. The largest absolute Gasteiger partial charge is 0.489 e. The molecule has 1 heterocycles. The average molecular weight is 295 g/mol. The van der Waals surface area contributed by atoms with Gasteiger partial charge in [0.2, 0.25) is 5.75 Å². The Morgan fingerprint density at radius 1 is 1.57 bits per heavy atom. The highest BCUT2D eigenvalue weighted by Crippen LogP contribution is 2.37. The predicted molar refractivity (Wildman–Crippen MR) is 77.6 cm³/mol. The third-order valence-corrected chi connectivity index (χ3v) is 4.32. The fourth-order valence-electron chi connectivity index (χ4n) is 2.86. The van der Waals surface area contributed by atoms with E-state index in [0.29, 0.717) is 18.8 Å². The Hall–Kier alpha value is -2.05. The van der Waals surface area contributed by atoms with E-state index < -0.39 is 17.1 Å². The number of hydrogen-bond donors (Lipinski definition) is 3. The van der Waals surface area contributed by atoms with Crippen LogP contribution in [0.1, 0.15) is 39.0 Å². The fourth-order valence-corrected chi connectivity index (χ4v) is 2.86.